The molecule has 2 rings (SSSR count). The molecular formula is C14H20ClN3O3. The lowest BCUT2D eigenvalue weighted by Crippen LogP contribution is -2.47. The smallest absolute Gasteiger partial charge is 0.255 e. The highest BCUT2D eigenvalue weighted by molar-refractivity contribution is 6.33. The molecule has 2 N–H and O–H groups in total. The fourth-order valence-electron chi connectivity index (χ4n) is 2.37. The highest BCUT2D eigenvalue weighted by Gasteiger charge is 2.33. The molecule has 1 saturated heterocycles. The summed E-state index contributed by atoms with van der Waals surface area (Å²) in [7, 11) is 3.38. The number of anilines is 1. The molecule has 1 aliphatic heterocycles. The zero-order valence-corrected chi connectivity index (χ0v) is 13.0. The van der Waals surface area contributed by atoms with Crippen molar-refractivity contribution in [3.05, 3.63) is 22.8 Å². The van der Waals surface area contributed by atoms with E-state index in [2.05, 4.69) is 10.3 Å². The van der Waals surface area contributed by atoms with Gasteiger partial charge in [0, 0.05) is 52.9 Å². The number of carbonyl (C=O) groups is 1. The van der Waals surface area contributed by atoms with Gasteiger partial charge in [-0.05, 0) is 6.07 Å². The van der Waals surface area contributed by atoms with E-state index < -0.39 is 5.60 Å². The first-order chi connectivity index (χ1) is 9.95. The van der Waals surface area contributed by atoms with Crippen LogP contribution in [0.5, 0.6) is 0 Å². The lowest BCUT2D eigenvalue weighted by atomic mass is 9.94. The van der Waals surface area contributed by atoms with Gasteiger partial charge in [-0.3, -0.25) is 4.79 Å². The number of aliphatic hydroxyl groups is 1. The number of carbonyl (C=O) groups excluding carboxylic acids is 1. The first kappa shape index (κ1) is 16.0. The number of nitrogens with one attached hydrogen (secondary N) is 1. The third kappa shape index (κ3) is 3.84. The van der Waals surface area contributed by atoms with Crippen LogP contribution >= 0.6 is 11.6 Å². The van der Waals surface area contributed by atoms with E-state index in [9.17, 15) is 9.90 Å². The molecule has 0 radical (unpaired) electrons. The van der Waals surface area contributed by atoms with Crippen LogP contribution in [0.1, 0.15) is 23.2 Å². The van der Waals surface area contributed by atoms with Gasteiger partial charge in [0.25, 0.3) is 5.91 Å². The maximum absolute atomic E-state index is 12.5. The van der Waals surface area contributed by atoms with Crippen molar-refractivity contribution in [2.24, 2.45) is 0 Å². The summed E-state index contributed by atoms with van der Waals surface area (Å²) >= 11 is 6.05. The van der Waals surface area contributed by atoms with Gasteiger partial charge in [0.05, 0.1) is 16.2 Å². The van der Waals surface area contributed by atoms with Crippen LogP contribution in [0.3, 0.4) is 0 Å². The van der Waals surface area contributed by atoms with Crippen LogP contribution in [-0.2, 0) is 4.74 Å². The van der Waals surface area contributed by atoms with Crippen LogP contribution in [0, 0.1) is 0 Å². The second-order valence-electron chi connectivity index (χ2n) is 5.30. The summed E-state index contributed by atoms with van der Waals surface area (Å²) in [5, 5.41) is 13.6. The van der Waals surface area contributed by atoms with Crippen molar-refractivity contribution < 1.29 is 14.6 Å². The van der Waals surface area contributed by atoms with E-state index in [0.717, 1.165) is 0 Å². The van der Waals surface area contributed by atoms with E-state index in [-0.39, 0.29) is 12.5 Å². The van der Waals surface area contributed by atoms with Crippen molar-refractivity contribution in [2.75, 3.05) is 39.2 Å². The molecule has 0 aromatic carbocycles. The Bertz CT molecular complexity index is 518. The molecule has 116 valence electrons. The highest BCUT2D eigenvalue weighted by atomic mass is 35.5. The highest BCUT2D eigenvalue weighted by Crippen LogP contribution is 2.24. The second kappa shape index (κ2) is 6.60. The molecule has 1 aliphatic rings. The Hall–Kier alpha value is -1.37. The number of amides is 1. The standard InChI is InChI=1S/C14H20ClN3O3/c1-16-12-7-10(11(15)8-17-12)13(19)18(2)9-14(20)3-5-21-6-4-14/h7-8,20H,3-6,9H2,1-2H3,(H,16,17). The average Bonchev–Trinajstić information content (AvgIpc) is 2.47. The third-order valence-corrected chi connectivity index (χ3v) is 3.94. The summed E-state index contributed by atoms with van der Waals surface area (Å²) in [6, 6.07) is 1.61. The van der Waals surface area contributed by atoms with Crippen LogP contribution in [0.25, 0.3) is 0 Å². The normalized spacial score (nSPS) is 17.3. The largest absolute Gasteiger partial charge is 0.388 e. The summed E-state index contributed by atoms with van der Waals surface area (Å²) in [5.41, 5.74) is -0.525. The molecule has 1 fully saturated rings. The molecule has 1 aromatic heterocycles. The van der Waals surface area contributed by atoms with Crippen molar-refractivity contribution in [1.82, 2.24) is 9.88 Å². The third-order valence-electron chi connectivity index (χ3n) is 3.64. The quantitative estimate of drug-likeness (QED) is 0.878. The Labute approximate surface area is 129 Å². The Kier molecular flexibility index (Phi) is 5.03. The van der Waals surface area contributed by atoms with E-state index in [1.54, 1.807) is 20.2 Å². The van der Waals surface area contributed by atoms with E-state index in [1.165, 1.54) is 11.1 Å². The number of ether oxygens (including phenoxy) is 1. The Morgan fingerprint density at radius 1 is 1.57 bits per heavy atom. The summed E-state index contributed by atoms with van der Waals surface area (Å²) in [6.07, 6.45) is 2.49. The van der Waals surface area contributed by atoms with Crippen molar-refractivity contribution in [3.63, 3.8) is 0 Å². The molecule has 0 saturated carbocycles. The van der Waals surface area contributed by atoms with Crippen LogP contribution in [0.2, 0.25) is 5.02 Å². The minimum atomic E-state index is -0.895. The maximum Gasteiger partial charge on any atom is 0.255 e. The van der Waals surface area contributed by atoms with E-state index >= 15 is 0 Å². The molecule has 1 aromatic rings. The summed E-state index contributed by atoms with van der Waals surface area (Å²) < 4.78 is 5.24. The van der Waals surface area contributed by atoms with Crippen LogP contribution < -0.4 is 5.32 Å². The molecule has 6 nitrogen and oxygen atoms in total. The number of halogens is 1. The first-order valence-corrected chi connectivity index (χ1v) is 7.22. The van der Waals surface area contributed by atoms with Gasteiger partial charge in [-0.15, -0.1) is 0 Å². The molecule has 0 spiro atoms. The number of pyridine rings is 1. The van der Waals surface area contributed by atoms with Gasteiger partial charge in [0.1, 0.15) is 5.82 Å². The molecule has 0 atom stereocenters. The topological polar surface area (TPSA) is 74.7 Å². The Balaban J connectivity index is 2.11. The summed E-state index contributed by atoms with van der Waals surface area (Å²) in [4.78, 5) is 18.0. The SMILES string of the molecule is CNc1cc(C(=O)N(C)CC2(O)CCOCC2)c(Cl)cn1. The van der Waals surface area contributed by atoms with Gasteiger partial charge in [0.2, 0.25) is 0 Å². The molecule has 0 unspecified atom stereocenters. The fraction of sp³-hybridized carbons (Fsp3) is 0.571. The predicted octanol–water partition coefficient (Wildman–Crippen LogP) is 1.39. The van der Waals surface area contributed by atoms with Gasteiger partial charge in [-0.2, -0.15) is 0 Å². The fourth-order valence-corrected chi connectivity index (χ4v) is 2.55. The zero-order valence-electron chi connectivity index (χ0n) is 12.2. The van der Waals surface area contributed by atoms with E-state index in [0.29, 0.717) is 42.5 Å². The van der Waals surface area contributed by atoms with Crippen LogP contribution in [-0.4, -0.2) is 60.4 Å². The van der Waals surface area contributed by atoms with Gasteiger partial charge in [-0.25, -0.2) is 4.98 Å². The van der Waals surface area contributed by atoms with Crippen molar-refractivity contribution in [1.29, 1.82) is 0 Å². The van der Waals surface area contributed by atoms with Crippen LogP contribution in [0.15, 0.2) is 12.3 Å². The van der Waals surface area contributed by atoms with Crippen LogP contribution in [0.4, 0.5) is 5.82 Å². The lowest BCUT2D eigenvalue weighted by Gasteiger charge is -2.35. The minimum absolute atomic E-state index is 0.237. The second-order valence-corrected chi connectivity index (χ2v) is 5.70. The average molecular weight is 314 g/mol. The first-order valence-electron chi connectivity index (χ1n) is 6.84. The predicted molar refractivity (Wildman–Crippen MR) is 80.8 cm³/mol. The lowest BCUT2D eigenvalue weighted by molar-refractivity contribution is -0.0734. The number of hydrogen-bond donors (Lipinski definition) is 2. The molecule has 21 heavy (non-hydrogen) atoms. The maximum atomic E-state index is 12.5. The number of likely N-dealkylation sites (N-methyl/N-ethyl adjacent to an activating group) is 1. The minimum Gasteiger partial charge on any atom is -0.388 e. The monoisotopic (exact) mass is 313 g/mol. The summed E-state index contributed by atoms with van der Waals surface area (Å²) in [6.45, 7) is 1.28. The Morgan fingerprint density at radius 2 is 2.24 bits per heavy atom. The van der Waals surface area contributed by atoms with Gasteiger partial charge < -0.3 is 20.1 Å². The van der Waals surface area contributed by atoms with Crippen molar-refractivity contribution >= 4 is 23.3 Å². The van der Waals surface area contributed by atoms with Gasteiger partial charge in [0.15, 0.2) is 0 Å². The Morgan fingerprint density at radius 3 is 2.86 bits per heavy atom. The van der Waals surface area contributed by atoms with E-state index in [1.807, 2.05) is 0 Å². The molecule has 0 aliphatic carbocycles. The van der Waals surface area contributed by atoms with Gasteiger partial charge in [-0.1, -0.05) is 11.6 Å². The molecule has 1 amide bonds. The van der Waals surface area contributed by atoms with Crippen molar-refractivity contribution in [3.8, 4) is 0 Å². The van der Waals surface area contributed by atoms with Crippen molar-refractivity contribution in [2.45, 2.75) is 18.4 Å². The molecule has 2 heterocycles. The summed E-state index contributed by atoms with van der Waals surface area (Å²) in [5.74, 6) is 0.333. The van der Waals surface area contributed by atoms with E-state index in [4.69, 9.17) is 16.3 Å². The molecular weight excluding hydrogens is 294 g/mol. The number of nitrogens with zero attached hydrogens (tertiary/aromatic N) is 2. The zero-order chi connectivity index (χ0) is 15.5. The number of hydrogen-bond acceptors (Lipinski definition) is 5. The van der Waals surface area contributed by atoms with Gasteiger partial charge >= 0.3 is 0 Å². The number of aromatic nitrogens is 1. The molecule has 7 heteroatoms. The molecule has 0 bridgehead atoms. The number of rotatable bonds is 4.